The molecule has 0 aliphatic carbocycles. The van der Waals surface area contributed by atoms with Crippen LogP contribution >= 0.6 is 11.3 Å². The van der Waals surface area contributed by atoms with Gasteiger partial charge in [-0.3, -0.25) is 0 Å². The van der Waals surface area contributed by atoms with E-state index in [0.717, 1.165) is 0 Å². The van der Waals surface area contributed by atoms with Crippen molar-refractivity contribution in [2.24, 2.45) is 0 Å². The van der Waals surface area contributed by atoms with Gasteiger partial charge in [0.2, 0.25) is 0 Å². The van der Waals surface area contributed by atoms with E-state index in [1.165, 1.54) is 24.5 Å². The molecule has 0 aliphatic heterocycles. The number of hydrogen-bond acceptors (Lipinski definition) is 4. The lowest BCUT2D eigenvalue weighted by molar-refractivity contribution is -0.132. The fourth-order valence-electron chi connectivity index (χ4n) is 0.856. The SMILES string of the molecule is COc1ccsc1/C=C(/C#N)C(=O)O. The van der Waals surface area contributed by atoms with Crippen LogP contribution in [0, 0.1) is 11.3 Å². The molecule has 1 rings (SSSR count). The maximum atomic E-state index is 10.5. The van der Waals surface area contributed by atoms with Crippen molar-refractivity contribution in [2.75, 3.05) is 7.11 Å². The van der Waals surface area contributed by atoms with Crippen molar-refractivity contribution < 1.29 is 14.6 Å². The summed E-state index contributed by atoms with van der Waals surface area (Å²) in [6.45, 7) is 0. The number of carboxylic acid groups (broad SMARTS) is 1. The number of hydrogen-bond donors (Lipinski definition) is 1. The number of aliphatic carboxylic acids is 1. The number of ether oxygens (including phenoxy) is 1. The molecule has 0 fully saturated rings. The minimum atomic E-state index is -1.23. The fraction of sp³-hybridized carbons (Fsp3) is 0.111. The number of nitriles is 1. The summed E-state index contributed by atoms with van der Waals surface area (Å²) in [5, 5.41) is 18.9. The zero-order valence-electron chi connectivity index (χ0n) is 7.35. The van der Waals surface area contributed by atoms with Gasteiger partial charge in [-0.1, -0.05) is 0 Å². The molecular formula is C9H7NO3S. The van der Waals surface area contributed by atoms with Gasteiger partial charge in [0.05, 0.1) is 12.0 Å². The Morgan fingerprint density at radius 3 is 3.00 bits per heavy atom. The third-order valence-electron chi connectivity index (χ3n) is 1.50. The van der Waals surface area contributed by atoms with E-state index in [-0.39, 0.29) is 5.57 Å². The smallest absolute Gasteiger partial charge is 0.346 e. The first kappa shape index (κ1) is 10.3. The topological polar surface area (TPSA) is 70.3 Å². The van der Waals surface area contributed by atoms with Crippen LogP contribution in [0.5, 0.6) is 5.75 Å². The quantitative estimate of drug-likeness (QED) is 0.608. The summed E-state index contributed by atoms with van der Waals surface area (Å²) in [5.41, 5.74) is -0.300. The van der Waals surface area contributed by atoms with Crippen LogP contribution in [0.1, 0.15) is 4.88 Å². The summed E-state index contributed by atoms with van der Waals surface area (Å²) >= 11 is 1.32. The van der Waals surface area contributed by atoms with Crippen molar-refractivity contribution in [2.45, 2.75) is 0 Å². The predicted octanol–water partition coefficient (Wildman–Crippen LogP) is 1.75. The normalized spacial score (nSPS) is 10.7. The highest BCUT2D eigenvalue weighted by atomic mass is 32.1. The molecular weight excluding hydrogens is 202 g/mol. The highest BCUT2D eigenvalue weighted by Gasteiger charge is 2.08. The lowest BCUT2D eigenvalue weighted by Crippen LogP contribution is -1.97. The number of carbonyl (C=O) groups is 1. The summed E-state index contributed by atoms with van der Waals surface area (Å²) in [7, 11) is 1.49. The summed E-state index contributed by atoms with van der Waals surface area (Å²) in [4.78, 5) is 11.2. The molecule has 5 heteroatoms. The minimum Gasteiger partial charge on any atom is -0.495 e. The third kappa shape index (κ3) is 2.12. The Labute approximate surface area is 84.7 Å². The Bertz CT molecular complexity index is 414. The second-order valence-corrected chi connectivity index (χ2v) is 3.28. The molecule has 0 saturated carbocycles. The molecule has 14 heavy (non-hydrogen) atoms. The maximum absolute atomic E-state index is 10.5. The molecule has 72 valence electrons. The second kappa shape index (κ2) is 4.44. The Balaban J connectivity index is 3.07. The molecule has 0 aromatic carbocycles. The highest BCUT2D eigenvalue weighted by Crippen LogP contribution is 2.26. The van der Waals surface area contributed by atoms with Crippen molar-refractivity contribution in [3.05, 3.63) is 21.9 Å². The lowest BCUT2D eigenvalue weighted by Gasteiger charge is -1.96. The van der Waals surface area contributed by atoms with E-state index in [9.17, 15) is 4.79 Å². The van der Waals surface area contributed by atoms with Gasteiger partial charge >= 0.3 is 5.97 Å². The molecule has 0 spiro atoms. The predicted molar refractivity (Wildman–Crippen MR) is 52.1 cm³/mol. The van der Waals surface area contributed by atoms with Gasteiger partial charge in [-0.25, -0.2) is 4.79 Å². The van der Waals surface area contributed by atoms with Gasteiger partial charge in [0.25, 0.3) is 0 Å². The zero-order valence-corrected chi connectivity index (χ0v) is 8.17. The van der Waals surface area contributed by atoms with Crippen molar-refractivity contribution in [3.63, 3.8) is 0 Å². The molecule has 0 radical (unpaired) electrons. The standard InChI is InChI=1S/C9H7NO3S/c1-13-7-2-3-14-8(7)4-6(5-10)9(11)12/h2-4H,1H3,(H,11,12)/b6-4-. The Hall–Kier alpha value is -1.80. The first-order valence-corrected chi connectivity index (χ1v) is 4.53. The van der Waals surface area contributed by atoms with Gasteiger partial charge in [0.1, 0.15) is 17.4 Å². The van der Waals surface area contributed by atoms with Crippen LogP contribution < -0.4 is 4.74 Å². The van der Waals surface area contributed by atoms with Crippen molar-refractivity contribution in [1.29, 1.82) is 5.26 Å². The molecule has 0 atom stereocenters. The molecule has 1 aromatic rings. The zero-order chi connectivity index (χ0) is 10.6. The van der Waals surface area contributed by atoms with Crippen LogP contribution in [0.2, 0.25) is 0 Å². The minimum absolute atomic E-state index is 0.300. The van der Waals surface area contributed by atoms with Crippen LogP contribution in [0.15, 0.2) is 17.0 Å². The number of methoxy groups -OCH3 is 1. The number of nitrogens with zero attached hydrogens (tertiary/aromatic N) is 1. The van der Waals surface area contributed by atoms with E-state index in [0.29, 0.717) is 10.6 Å². The van der Waals surface area contributed by atoms with Gasteiger partial charge in [-0.2, -0.15) is 5.26 Å². The van der Waals surface area contributed by atoms with E-state index < -0.39 is 5.97 Å². The molecule has 1 heterocycles. The third-order valence-corrected chi connectivity index (χ3v) is 2.35. The fourth-order valence-corrected chi connectivity index (χ4v) is 1.65. The van der Waals surface area contributed by atoms with Gasteiger partial charge in [0, 0.05) is 0 Å². The maximum Gasteiger partial charge on any atom is 0.346 e. The molecule has 0 bridgehead atoms. The summed E-state index contributed by atoms with van der Waals surface area (Å²) in [6.07, 6.45) is 1.30. The largest absolute Gasteiger partial charge is 0.495 e. The lowest BCUT2D eigenvalue weighted by atomic mass is 10.2. The molecule has 0 unspecified atom stereocenters. The Morgan fingerprint density at radius 2 is 2.50 bits per heavy atom. The Kier molecular flexibility index (Phi) is 3.26. The highest BCUT2D eigenvalue weighted by molar-refractivity contribution is 7.11. The molecule has 4 nitrogen and oxygen atoms in total. The van der Waals surface area contributed by atoms with E-state index in [2.05, 4.69) is 0 Å². The van der Waals surface area contributed by atoms with Crippen molar-refractivity contribution in [1.82, 2.24) is 0 Å². The van der Waals surface area contributed by atoms with Crippen LogP contribution in [0.25, 0.3) is 6.08 Å². The van der Waals surface area contributed by atoms with Crippen molar-refractivity contribution >= 4 is 23.4 Å². The molecule has 1 aromatic heterocycles. The summed E-state index contributed by atoms with van der Waals surface area (Å²) in [6, 6.07) is 3.32. The van der Waals surface area contributed by atoms with Crippen molar-refractivity contribution in [3.8, 4) is 11.8 Å². The van der Waals surface area contributed by atoms with Crippen LogP contribution in [0.3, 0.4) is 0 Å². The van der Waals surface area contributed by atoms with E-state index in [1.54, 1.807) is 17.5 Å². The van der Waals surface area contributed by atoms with E-state index in [1.807, 2.05) is 0 Å². The van der Waals surface area contributed by atoms with Gasteiger partial charge in [0.15, 0.2) is 0 Å². The first-order chi connectivity index (χ1) is 6.69. The number of rotatable bonds is 3. The first-order valence-electron chi connectivity index (χ1n) is 3.65. The second-order valence-electron chi connectivity index (χ2n) is 2.33. The molecule has 0 aliphatic rings. The molecule has 1 N–H and O–H groups in total. The monoisotopic (exact) mass is 209 g/mol. The van der Waals surface area contributed by atoms with Crippen LogP contribution in [-0.4, -0.2) is 18.2 Å². The number of thiophene rings is 1. The van der Waals surface area contributed by atoms with Gasteiger partial charge in [-0.05, 0) is 17.5 Å². The molecule has 0 amide bonds. The summed E-state index contributed by atoms with van der Waals surface area (Å²) in [5.74, 6) is -0.660. The molecule has 0 saturated heterocycles. The van der Waals surface area contributed by atoms with E-state index >= 15 is 0 Å². The number of carboxylic acids is 1. The summed E-state index contributed by atoms with van der Waals surface area (Å²) < 4.78 is 4.97. The van der Waals surface area contributed by atoms with E-state index in [4.69, 9.17) is 15.1 Å². The van der Waals surface area contributed by atoms with Gasteiger partial charge in [-0.15, -0.1) is 11.3 Å². The Morgan fingerprint density at radius 1 is 1.79 bits per heavy atom. The average Bonchev–Trinajstić information content (AvgIpc) is 2.60. The average molecular weight is 209 g/mol. The van der Waals surface area contributed by atoms with Crippen LogP contribution in [0.4, 0.5) is 0 Å². The van der Waals surface area contributed by atoms with Crippen LogP contribution in [-0.2, 0) is 4.79 Å². The van der Waals surface area contributed by atoms with Gasteiger partial charge < -0.3 is 9.84 Å².